The van der Waals surface area contributed by atoms with Gasteiger partial charge in [-0.25, -0.2) is 0 Å². The summed E-state index contributed by atoms with van der Waals surface area (Å²) >= 11 is 0. The lowest BCUT2D eigenvalue weighted by Gasteiger charge is -2.04. The predicted octanol–water partition coefficient (Wildman–Crippen LogP) is -0.274. The second-order valence-electron chi connectivity index (χ2n) is 1.81. The molecule has 0 aromatic carbocycles. The molecule has 0 aromatic rings. The summed E-state index contributed by atoms with van der Waals surface area (Å²) in [4.78, 5) is 11.0. The maximum Gasteiger partial charge on any atom is 0.249 e. The van der Waals surface area contributed by atoms with E-state index in [1.165, 1.54) is 0 Å². The molecular formula is C6H10NO2. The average Bonchev–Trinajstić information content (AvgIpc) is 2.32. The van der Waals surface area contributed by atoms with Crippen LogP contribution in [0, 0.1) is 6.42 Å². The largest absolute Gasteiger partial charge is 0.368 e. The monoisotopic (exact) mass is 131 g/mol. The molecule has 3 heteroatoms. The fourth-order valence-corrected chi connectivity index (χ4v) is 0.736. The highest BCUT2D eigenvalue weighted by atomic mass is 16.5. The molecule has 0 spiro atoms. The van der Waals surface area contributed by atoms with Crippen molar-refractivity contribution >= 4 is 5.91 Å². The molecule has 1 rings (SSSR count). The number of ether oxygens (including phenoxy) is 1. The van der Waals surface area contributed by atoms with Crippen LogP contribution in [-0.2, 0) is 9.53 Å². The highest BCUT2D eigenvalue weighted by Gasteiger charge is 2.22. The molecular weight excluding hydrogens is 118 g/mol. The number of hydrogen-bond donors (Lipinski definition) is 1. The van der Waals surface area contributed by atoms with Gasteiger partial charge in [-0.3, -0.25) is 4.79 Å². The van der Waals surface area contributed by atoms with E-state index in [0.29, 0.717) is 13.0 Å². The summed E-state index contributed by atoms with van der Waals surface area (Å²) in [6.45, 7) is -1.93. The first kappa shape index (κ1) is 3.56. The number of nitrogens with one attached hydrogen (secondary N) is 1. The Morgan fingerprint density at radius 3 is 3.56 bits per heavy atom. The zero-order valence-electron chi connectivity index (χ0n) is 7.89. The van der Waals surface area contributed by atoms with Crippen molar-refractivity contribution in [3.8, 4) is 0 Å². The van der Waals surface area contributed by atoms with Crippen LogP contribution < -0.4 is 5.32 Å². The van der Waals surface area contributed by atoms with Gasteiger partial charge in [0.25, 0.3) is 0 Å². The van der Waals surface area contributed by atoms with Gasteiger partial charge < -0.3 is 10.1 Å². The Morgan fingerprint density at radius 1 is 2.11 bits per heavy atom. The van der Waals surface area contributed by atoms with Crippen molar-refractivity contribution < 1.29 is 13.6 Å². The summed E-state index contributed by atoms with van der Waals surface area (Å²) < 4.78 is 25.2. The molecule has 1 amide bonds. The van der Waals surface area contributed by atoms with Crippen LogP contribution >= 0.6 is 0 Å². The highest BCUT2D eigenvalue weighted by molar-refractivity contribution is 5.82. The second kappa shape index (κ2) is 2.82. The molecule has 0 bridgehead atoms. The SMILES string of the molecule is [2H]C([2H])([2H])NC(=O)C1[CH]CCO1. The van der Waals surface area contributed by atoms with Crippen LogP contribution in [0.1, 0.15) is 10.5 Å². The van der Waals surface area contributed by atoms with Crippen LogP contribution in [0.25, 0.3) is 0 Å². The Kier molecular flexibility index (Phi) is 1.12. The van der Waals surface area contributed by atoms with Crippen molar-refractivity contribution in [3.05, 3.63) is 6.42 Å². The van der Waals surface area contributed by atoms with Gasteiger partial charge in [-0.15, -0.1) is 0 Å². The second-order valence-corrected chi connectivity index (χ2v) is 1.81. The van der Waals surface area contributed by atoms with Crippen LogP contribution in [0.2, 0.25) is 0 Å². The fourth-order valence-electron chi connectivity index (χ4n) is 0.736. The number of likely N-dealkylation sites (N-methyl/N-ethyl adjacent to an activating group) is 1. The summed E-state index contributed by atoms with van der Waals surface area (Å²) in [5.41, 5.74) is 0. The first-order chi connectivity index (χ1) is 5.49. The number of amides is 1. The molecule has 1 N–H and O–H groups in total. The molecule has 3 nitrogen and oxygen atoms in total. The number of hydrogen-bond acceptors (Lipinski definition) is 2. The van der Waals surface area contributed by atoms with Gasteiger partial charge >= 0.3 is 0 Å². The average molecular weight is 131 g/mol. The lowest BCUT2D eigenvalue weighted by Crippen LogP contribution is -2.31. The third kappa shape index (κ3) is 1.42. The van der Waals surface area contributed by atoms with E-state index >= 15 is 0 Å². The van der Waals surface area contributed by atoms with Crippen molar-refractivity contribution in [2.45, 2.75) is 12.5 Å². The maximum absolute atomic E-state index is 11.0. The minimum Gasteiger partial charge on any atom is -0.368 e. The molecule has 51 valence electrons. The maximum atomic E-state index is 11.0. The summed E-state index contributed by atoms with van der Waals surface area (Å²) in [5, 5.41) is 1.87. The van der Waals surface area contributed by atoms with Crippen molar-refractivity contribution in [1.29, 1.82) is 0 Å². The van der Waals surface area contributed by atoms with E-state index in [4.69, 9.17) is 8.85 Å². The van der Waals surface area contributed by atoms with Gasteiger partial charge in [0.1, 0.15) is 6.10 Å². The summed E-state index contributed by atoms with van der Waals surface area (Å²) in [7, 11) is 0. The summed E-state index contributed by atoms with van der Waals surface area (Å²) in [5.74, 6) is -0.590. The summed E-state index contributed by atoms with van der Waals surface area (Å²) in [6, 6.07) is 0. The molecule has 0 aliphatic carbocycles. The highest BCUT2D eigenvalue weighted by Crippen LogP contribution is 2.09. The molecule has 1 aliphatic rings. The quantitative estimate of drug-likeness (QED) is 0.531. The van der Waals surface area contributed by atoms with Gasteiger partial charge in [0.05, 0.1) is 0 Å². The Balaban J connectivity index is 2.37. The fraction of sp³-hybridized carbons (Fsp3) is 0.667. The van der Waals surface area contributed by atoms with E-state index in [1.54, 1.807) is 6.42 Å². The van der Waals surface area contributed by atoms with Gasteiger partial charge in [-0.1, -0.05) is 0 Å². The van der Waals surface area contributed by atoms with E-state index in [2.05, 4.69) is 0 Å². The van der Waals surface area contributed by atoms with E-state index < -0.39 is 19.0 Å². The van der Waals surface area contributed by atoms with Crippen molar-refractivity contribution in [2.24, 2.45) is 0 Å². The molecule has 1 unspecified atom stereocenters. The molecule has 1 atom stereocenters. The Bertz CT molecular complexity index is 174. The van der Waals surface area contributed by atoms with Crippen LogP contribution in [0.3, 0.4) is 0 Å². The number of carbonyl (C=O) groups is 1. The third-order valence-corrected chi connectivity index (χ3v) is 1.18. The molecule has 1 aliphatic heterocycles. The summed E-state index contributed by atoms with van der Waals surface area (Å²) in [6.07, 6.45) is 1.66. The lowest BCUT2D eigenvalue weighted by molar-refractivity contribution is -0.128. The molecule has 0 aromatic heterocycles. The smallest absolute Gasteiger partial charge is 0.249 e. The van der Waals surface area contributed by atoms with Gasteiger partial charge in [-0.05, 0) is 6.42 Å². The van der Waals surface area contributed by atoms with Gasteiger partial charge in [0.2, 0.25) is 5.91 Å². The molecule has 1 heterocycles. The standard InChI is InChI=1S/C6H10NO2/c1-7-6(8)5-3-2-4-9-5/h3,5H,2,4H2,1H3,(H,7,8)/i1D3. The molecule has 9 heavy (non-hydrogen) atoms. The van der Waals surface area contributed by atoms with E-state index in [0.717, 1.165) is 0 Å². The molecule has 1 saturated heterocycles. The van der Waals surface area contributed by atoms with E-state index in [1.807, 2.05) is 5.32 Å². The van der Waals surface area contributed by atoms with Crippen molar-refractivity contribution in [2.75, 3.05) is 13.6 Å². The molecule has 1 radical (unpaired) electrons. The van der Waals surface area contributed by atoms with Crippen molar-refractivity contribution in [3.63, 3.8) is 0 Å². The van der Waals surface area contributed by atoms with Gasteiger partial charge in [0.15, 0.2) is 0 Å². The van der Waals surface area contributed by atoms with E-state index in [-0.39, 0.29) is 0 Å². The lowest BCUT2D eigenvalue weighted by atomic mass is 10.2. The van der Waals surface area contributed by atoms with Crippen LogP contribution in [0.15, 0.2) is 0 Å². The zero-order chi connectivity index (χ0) is 9.19. The van der Waals surface area contributed by atoms with E-state index in [9.17, 15) is 4.79 Å². The van der Waals surface area contributed by atoms with Crippen LogP contribution in [-0.4, -0.2) is 25.6 Å². The van der Waals surface area contributed by atoms with Gasteiger partial charge in [-0.2, -0.15) is 0 Å². The Labute approximate surface area is 58.6 Å². The topological polar surface area (TPSA) is 38.3 Å². The predicted molar refractivity (Wildman–Crippen MR) is 32.7 cm³/mol. The van der Waals surface area contributed by atoms with Gasteiger partial charge in [0, 0.05) is 24.1 Å². The first-order valence-corrected chi connectivity index (χ1v) is 2.76. The minimum absolute atomic E-state index is 0.485. The minimum atomic E-state index is -2.42. The van der Waals surface area contributed by atoms with Crippen LogP contribution in [0.5, 0.6) is 0 Å². The van der Waals surface area contributed by atoms with Crippen molar-refractivity contribution in [1.82, 2.24) is 5.32 Å². The third-order valence-electron chi connectivity index (χ3n) is 1.18. The Hall–Kier alpha value is -0.570. The van der Waals surface area contributed by atoms with Crippen LogP contribution in [0.4, 0.5) is 0 Å². The first-order valence-electron chi connectivity index (χ1n) is 4.26. The molecule has 0 saturated carbocycles. The Morgan fingerprint density at radius 2 is 3.00 bits per heavy atom. The normalized spacial score (nSPS) is 32.4. The number of rotatable bonds is 1. The molecule has 1 fully saturated rings. The number of carbonyl (C=O) groups excluding carboxylic acids is 1. The zero-order valence-corrected chi connectivity index (χ0v) is 4.89.